The van der Waals surface area contributed by atoms with Crippen LogP contribution in [0.5, 0.6) is 0 Å². The number of nitrogens with zero attached hydrogens (tertiary/aromatic N) is 1. The summed E-state index contributed by atoms with van der Waals surface area (Å²) < 4.78 is 13.8. The Morgan fingerprint density at radius 2 is 2.00 bits per heavy atom. The van der Waals surface area contributed by atoms with Gasteiger partial charge in [0.25, 0.3) is 5.91 Å². The van der Waals surface area contributed by atoms with Crippen molar-refractivity contribution in [3.05, 3.63) is 34.1 Å². The molecule has 0 spiro atoms. The van der Waals surface area contributed by atoms with Gasteiger partial charge in [0.2, 0.25) is 0 Å². The van der Waals surface area contributed by atoms with E-state index in [-0.39, 0.29) is 22.2 Å². The Labute approximate surface area is 128 Å². The molecule has 2 rings (SSSR count). The Morgan fingerprint density at radius 3 is 2.60 bits per heavy atom. The Morgan fingerprint density at radius 1 is 1.35 bits per heavy atom. The second kappa shape index (κ2) is 6.70. The summed E-state index contributed by atoms with van der Waals surface area (Å²) in [7, 11) is 1.83. The molecule has 0 radical (unpaired) electrons. The molecular formula is C16H21BrFNO. The number of amides is 1. The third-order valence-electron chi connectivity index (χ3n) is 4.44. The molecule has 0 unspecified atom stereocenters. The molecule has 20 heavy (non-hydrogen) atoms. The molecule has 1 aliphatic rings. The predicted molar refractivity (Wildman–Crippen MR) is 82.2 cm³/mol. The van der Waals surface area contributed by atoms with Gasteiger partial charge >= 0.3 is 0 Å². The Hall–Kier alpha value is -0.900. The average Bonchev–Trinajstić information content (AvgIpc) is 2.48. The first kappa shape index (κ1) is 15.5. The maximum absolute atomic E-state index is 13.5. The number of carbonyl (C=O) groups excluding carboxylic acids is 1. The molecule has 4 heteroatoms. The van der Waals surface area contributed by atoms with Crippen molar-refractivity contribution in [3.8, 4) is 0 Å². The quantitative estimate of drug-likeness (QED) is 0.784. The molecular weight excluding hydrogens is 321 g/mol. The second-order valence-electron chi connectivity index (χ2n) is 5.60. The summed E-state index contributed by atoms with van der Waals surface area (Å²) in [5.41, 5.74) is 0.408. The topological polar surface area (TPSA) is 20.3 Å². The van der Waals surface area contributed by atoms with E-state index in [4.69, 9.17) is 0 Å². The molecule has 0 atom stereocenters. The molecule has 2 nitrogen and oxygen atoms in total. The summed E-state index contributed by atoms with van der Waals surface area (Å²) in [6.45, 7) is 2.23. The fourth-order valence-corrected chi connectivity index (χ4v) is 3.40. The van der Waals surface area contributed by atoms with Gasteiger partial charge in [0.15, 0.2) is 0 Å². The van der Waals surface area contributed by atoms with Crippen LogP contribution in [0.15, 0.2) is 22.7 Å². The summed E-state index contributed by atoms with van der Waals surface area (Å²) >= 11 is 3.17. The third kappa shape index (κ3) is 3.22. The molecule has 0 heterocycles. The van der Waals surface area contributed by atoms with Gasteiger partial charge in [-0.3, -0.25) is 4.79 Å². The summed E-state index contributed by atoms with van der Waals surface area (Å²) in [5.74, 6) is 0.311. The Balaban J connectivity index is 2.07. The fraction of sp³-hybridized carbons (Fsp3) is 0.562. The summed E-state index contributed by atoms with van der Waals surface area (Å²) in [6.07, 6.45) is 5.69. The molecule has 1 amide bonds. The van der Waals surface area contributed by atoms with Crippen LogP contribution in [0, 0.1) is 11.7 Å². The lowest BCUT2D eigenvalue weighted by molar-refractivity contribution is 0.0673. The van der Waals surface area contributed by atoms with Crippen molar-refractivity contribution in [2.45, 2.75) is 45.1 Å². The normalized spacial score (nSPS) is 22.6. The predicted octanol–water partition coefficient (Wildman–Crippen LogP) is 4.63. The number of hydrogen-bond donors (Lipinski definition) is 0. The first-order valence-corrected chi connectivity index (χ1v) is 8.05. The van der Waals surface area contributed by atoms with Gasteiger partial charge in [-0.05, 0) is 59.7 Å². The SMILES string of the molecule is CCC1CCC(N(C)C(=O)c2cccc(F)c2Br)CC1. The van der Waals surface area contributed by atoms with Crippen molar-refractivity contribution < 1.29 is 9.18 Å². The van der Waals surface area contributed by atoms with E-state index in [9.17, 15) is 9.18 Å². The van der Waals surface area contributed by atoms with Crippen LogP contribution in [0.4, 0.5) is 4.39 Å². The van der Waals surface area contributed by atoms with Gasteiger partial charge < -0.3 is 4.90 Å². The van der Waals surface area contributed by atoms with Crippen LogP contribution >= 0.6 is 15.9 Å². The van der Waals surface area contributed by atoms with Crippen molar-refractivity contribution in [1.82, 2.24) is 4.90 Å². The van der Waals surface area contributed by atoms with Gasteiger partial charge in [0, 0.05) is 13.1 Å². The molecule has 1 saturated carbocycles. The van der Waals surface area contributed by atoms with E-state index in [1.165, 1.54) is 25.3 Å². The van der Waals surface area contributed by atoms with Crippen molar-refractivity contribution in [2.24, 2.45) is 5.92 Å². The zero-order chi connectivity index (χ0) is 14.7. The number of halogens is 2. The van der Waals surface area contributed by atoms with E-state index in [0.29, 0.717) is 5.56 Å². The van der Waals surface area contributed by atoms with Crippen LogP contribution in [0.2, 0.25) is 0 Å². The molecule has 0 saturated heterocycles. The molecule has 110 valence electrons. The standard InChI is InChI=1S/C16H21BrFNO/c1-3-11-7-9-12(10-8-11)19(2)16(20)13-5-4-6-14(18)15(13)17/h4-6,11-12H,3,7-10H2,1-2H3. The van der Waals surface area contributed by atoms with Gasteiger partial charge in [0.05, 0.1) is 10.0 Å². The van der Waals surface area contributed by atoms with Crippen LogP contribution in [0.25, 0.3) is 0 Å². The minimum absolute atomic E-state index is 0.101. The van der Waals surface area contributed by atoms with Crippen molar-refractivity contribution in [3.63, 3.8) is 0 Å². The maximum atomic E-state index is 13.5. The molecule has 1 fully saturated rings. The van der Waals surface area contributed by atoms with Crippen LogP contribution in [-0.4, -0.2) is 23.9 Å². The number of carbonyl (C=O) groups is 1. The molecule has 1 aromatic carbocycles. The molecule has 0 aliphatic heterocycles. The maximum Gasteiger partial charge on any atom is 0.255 e. The van der Waals surface area contributed by atoms with Gasteiger partial charge in [0.1, 0.15) is 5.82 Å². The lowest BCUT2D eigenvalue weighted by atomic mass is 9.84. The number of rotatable bonds is 3. The highest BCUT2D eigenvalue weighted by molar-refractivity contribution is 9.10. The van der Waals surface area contributed by atoms with Gasteiger partial charge in [-0.2, -0.15) is 0 Å². The van der Waals surface area contributed by atoms with E-state index in [2.05, 4.69) is 22.9 Å². The molecule has 0 bridgehead atoms. The minimum atomic E-state index is -0.390. The van der Waals surface area contributed by atoms with Crippen molar-refractivity contribution in [1.29, 1.82) is 0 Å². The van der Waals surface area contributed by atoms with Crippen LogP contribution in [0.3, 0.4) is 0 Å². The van der Waals surface area contributed by atoms with Gasteiger partial charge in [-0.25, -0.2) is 4.39 Å². The van der Waals surface area contributed by atoms with E-state index in [1.54, 1.807) is 17.0 Å². The molecule has 1 aromatic rings. The number of benzene rings is 1. The number of hydrogen-bond acceptors (Lipinski definition) is 1. The Bertz CT molecular complexity index is 483. The van der Waals surface area contributed by atoms with E-state index < -0.39 is 0 Å². The molecule has 0 aromatic heterocycles. The smallest absolute Gasteiger partial charge is 0.255 e. The first-order chi connectivity index (χ1) is 9.54. The first-order valence-electron chi connectivity index (χ1n) is 7.25. The van der Waals surface area contributed by atoms with Crippen LogP contribution in [0.1, 0.15) is 49.4 Å². The highest BCUT2D eigenvalue weighted by Gasteiger charge is 2.27. The minimum Gasteiger partial charge on any atom is -0.339 e. The zero-order valence-electron chi connectivity index (χ0n) is 12.0. The van der Waals surface area contributed by atoms with E-state index in [1.807, 2.05) is 7.05 Å². The monoisotopic (exact) mass is 341 g/mol. The largest absolute Gasteiger partial charge is 0.339 e. The molecule has 1 aliphatic carbocycles. The second-order valence-corrected chi connectivity index (χ2v) is 6.39. The van der Waals surface area contributed by atoms with Crippen LogP contribution in [-0.2, 0) is 0 Å². The third-order valence-corrected chi connectivity index (χ3v) is 5.25. The lowest BCUT2D eigenvalue weighted by Gasteiger charge is -2.34. The Kier molecular flexibility index (Phi) is 5.19. The summed E-state index contributed by atoms with van der Waals surface area (Å²) in [6, 6.07) is 4.88. The highest BCUT2D eigenvalue weighted by Crippen LogP contribution is 2.30. The summed E-state index contributed by atoms with van der Waals surface area (Å²) in [4.78, 5) is 14.3. The van der Waals surface area contributed by atoms with E-state index >= 15 is 0 Å². The average molecular weight is 342 g/mol. The van der Waals surface area contributed by atoms with Gasteiger partial charge in [-0.1, -0.05) is 19.4 Å². The molecule has 0 N–H and O–H groups in total. The van der Waals surface area contributed by atoms with Crippen molar-refractivity contribution in [2.75, 3.05) is 7.05 Å². The highest BCUT2D eigenvalue weighted by atomic mass is 79.9. The zero-order valence-corrected chi connectivity index (χ0v) is 13.6. The van der Waals surface area contributed by atoms with Gasteiger partial charge in [-0.15, -0.1) is 0 Å². The van der Waals surface area contributed by atoms with E-state index in [0.717, 1.165) is 18.8 Å². The summed E-state index contributed by atoms with van der Waals surface area (Å²) in [5, 5.41) is 0. The fourth-order valence-electron chi connectivity index (χ4n) is 2.97. The van der Waals surface area contributed by atoms with Crippen LogP contribution < -0.4 is 0 Å². The lowest BCUT2D eigenvalue weighted by Crippen LogP contribution is -2.39. The van der Waals surface area contributed by atoms with Crippen molar-refractivity contribution >= 4 is 21.8 Å².